The molecule has 0 bridgehead atoms. The second-order valence-corrected chi connectivity index (χ2v) is 6.24. The number of hydrogen-bond acceptors (Lipinski definition) is 4. The van der Waals surface area contributed by atoms with Crippen molar-refractivity contribution in [3.63, 3.8) is 0 Å². The van der Waals surface area contributed by atoms with E-state index in [1.54, 1.807) is 6.07 Å². The molecule has 0 aromatic carbocycles. The zero-order chi connectivity index (χ0) is 14.5. The van der Waals surface area contributed by atoms with Gasteiger partial charge in [-0.05, 0) is 43.8 Å². The summed E-state index contributed by atoms with van der Waals surface area (Å²) in [5, 5.41) is 7.48. The fraction of sp³-hybridized carbons (Fsp3) is 0.571. The van der Waals surface area contributed by atoms with Crippen LogP contribution < -0.4 is 10.6 Å². The molecule has 1 aliphatic rings. The van der Waals surface area contributed by atoms with Gasteiger partial charge in [0.05, 0.1) is 5.69 Å². The molecule has 2 rings (SSSR count). The van der Waals surface area contributed by atoms with E-state index in [1.807, 2.05) is 5.38 Å². The highest BCUT2D eigenvalue weighted by molar-refractivity contribution is 7.12. The Balaban J connectivity index is 1.88. The van der Waals surface area contributed by atoms with Gasteiger partial charge in [0, 0.05) is 20.0 Å². The second-order valence-electron chi connectivity index (χ2n) is 5.33. The Labute approximate surface area is 123 Å². The van der Waals surface area contributed by atoms with E-state index in [0.717, 1.165) is 19.5 Å². The number of rotatable bonds is 4. The third-order valence-corrected chi connectivity index (χ3v) is 4.37. The molecule has 1 aliphatic heterocycles. The molecule has 1 aromatic heterocycles. The lowest BCUT2D eigenvalue weighted by molar-refractivity contribution is -0.114. The first-order valence-electron chi connectivity index (χ1n) is 6.88. The molecule has 20 heavy (non-hydrogen) atoms. The van der Waals surface area contributed by atoms with Gasteiger partial charge < -0.3 is 15.5 Å². The van der Waals surface area contributed by atoms with E-state index >= 15 is 0 Å². The Morgan fingerprint density at radius 1 is 1.50 bits per heavy atom. The normalized spacial score (nSPS) is 19.6. The number of hydrogen-bond donors (Lipinski definition) is 2. The van der Waals surface area contributed by atoms with E-state index in [0.29, 0.717) is 23.0 Å². The van der Waals surface area contributed by atoms with Crippen LogP contribution in [0.25, 0.3) is 0 Å². The Hall–Kier alpha value is -1.40. The van der Waals surface area contributed by atoms with Gasteiger partial charge in [-0.25, -0.2) is 0 Å². The molecule has 6 heteroatoms. The molecule has 110 valence electrons. The molecule has 0 radical (unpaired) electrons. The monoisotopic (exact) mass is 295 g/mol. The summed E-state index contributed by atoms with van der Waals surface area (Å²) in [6, 6.07) is 1.76. The average molecular weight is 295 g/mol. The summed E-state index contributed by atoms with van der Waals surface area (Å²) in [6.45, 7) is 4.31. The zero-order valence-corrected chi connectivity index (χ0v) is 12.8. The molecular formula is C14H21N3O2S. The van der Waals surface area contributed by atoms with Crippen LogP contribution in [0.1, 0.15) is 29.4 Å². The number of likely N-dealkylation sites (tertiary alicyclic amines) is 1. The van der Waals surface area contributed by atoms with Crippen molar-refractivity contribution in [3.05, 3.63) is 16.3 Å². The number of amides is 2. The molecule has 0 saturated carbocycles. The molecule has 1 unspecified atom stereocenters. The molecule has 2 heterocycles. The van der Waals surface area contributed by atoms with Crippen LogP contribution >= 0.6 is 11.3 Å². The zero-order valence-electron chi connectivity index (χ0n) is 11.9. The largest absolute Gasteiger partial charge is 0.351 e. The maximum atomic E-state index is 12.2. The van der Waals surface area contributed by atoms with E-state index in [2.05, 4.69) is 22.6 Å². The predicted molar refractivity (Wildman–Crippen MR) is 81.2 cm³/mol. The van der Waals surface area contributed by atoms with Gasteiger partial charge in [0.1, 0.15) is 4.88 Å². The Kier molecular flexibility index (Phi) is 5.14. The maximum Gasteiger partial charge on any atom is 0.263 e. The summed E-state index contributed by atoms with van der Waals surface area (Å²) in [6.07, 6.45) is 2.35. The standard InChI is InChI=1S/C14H21N3O2S/c1-10(18)16-12-5-7-20-13(12)14(19)15-8-11-4-3-6-17(2)9-11/h5,7,11H,3-4,6,8-9H2,1-2H3,(H,15,19)(H,16,18). The molecule has 5 nitrogen and oxygen atoms in total. The van der Waals surface area contributed by atoms with Gasteiger partial charge in [-0.3, -0.25) is 9.59 Å². The van der Waals surface area contributed by atoms with Crippen LogP contribution in [0.2, 0.25) is 0 Å². The van der Waals surface area contributed by atoms with Crippen LogP contribution in [0, 0.1) is 5.92 Å². The summed E-state index contributed by atoms with van der Waals surface area (Å²) in [5.74, 6) is 0.255. The van der Waals surface area contributed by atoms with Crippen molar-refractivity contribution in [2.24, 2.45) is 5.92 Å². The van der Waals surface area contributed by atoms with Gasteiger partial charge in [0.15, 0.2) is 0 Å². The quantitative estimate of drug-likeness (QED) is 0.890. The van der Waals surface area contributed by atoms with Gasteiger partial charge in [-0.2, -0.15) is 0 Å². The summed E-state index contributed by atoms with van der Waals surface area (Å²) < 4.78 is 0. The smallest absolute Gasteiger partial charge is 0.263 e. The first-order chi connectivity index (χ1) is 9.56. The lowest BCUT2D eigenvalue weighted by Crippen LogP contribution is -2.39. The second kappa shape index (κ2) is 6.85. The third-order valence-electron chi connectivity index (χ3n) is 3.46. The highest BCUT2D eigenvalue weighted by atomic mass is 32.1. The van der Waals surface area contributed by atoms with E-state index in [9.17, 15) is 9.59 Å². The molecule has 2 N–H and O–H groups in total. The summed E-state index contributed by atoms with van der Waals surface area (Å²) in [4.78, 5) is 26.1. The number of carbonyl (C=O) groups is 2. The third kappa shape index (κ3) is 4.05. The Bertz CT molecular complexity index is 487. The van der Waals surface area contributed by atoms with Crippen LogP contribution in [0.15, 0.2) is 11.4 Å². The minimum atomic E-state index is -0.161. The molecule has 1 aromatic rings. The van der Waals surface area contributed by atoms with Crippen molar-refractivity contribution in [3.8, 4) is 0 Å². The summed E-state index contributed by atoms with van der Waals surface area (Å²) >= 11 is 1.35. The van der Waals surface area contributed by atoms with Gasteiger partial charge in [-0.15, -0.1) is 11.3 Å². The van der Waals surface area contributed by atoms with E-state index in [1.165, 1.54) is 24.7 Å². The Morgan fingerprint density at radius 2 is 2.30 bits per heavy atom. The minimum Gasteiger partial charge on any atom is -0.351 e. The Morgan fingerprint density at radius 3 is 3.00 bits per heavy atom. The first kappa shape index (κ1) is 15.0. The summed E-state index contributed by atoms with van der Waals surface area (Å²) in [7, 11) is 2.11. The van der Waals surface area contributed by atoms with E-state index < -0.39 is 0 Å². The minimum absolute atomic E-state index is 0.100. The molecular weight excluding hydrogens is 274 g/mol. The lowest BCUT2D eigenvalue weighted by Gasteiger charge is -2.29. The lowest BCUT2D eigenvalue weighted by atomic mass is 9.98. The molecule has 2 amide bonds. The van der Waals surface area contributed by atoms with Crippen molar-refractivity contribution in [2.75, 3.05) is 32.0 Å². The highest BCUT2D eigenvalue weighted by Gasteiger charge is 2.19. The van der Waals surface area contributed by atoms with Crippen LogP contribution in [0.3, 0.4) is 0 Å². The summed E-state index contributed by atoms with van der Waals surface area (Å²) in [5.41, 5.74) is 0.598. The van der Waals surface area contributed by atoms with Crippen molar-refractivity contribution >= 4 is 28.8 Å². The number of nitrogens with one attached hydrogen (secondary N) is 2. The fourth-order valence-electron chi connectivity index (χ4n) is 2.53. The van der Waals surface area contributed by atoms with Crippen LogP contribution in [-0.2, 0) is 4.79 Å². The van der Waals surface area contributed by atoms with Gasteiger partial charge in [0.25, 0.3) is 5.91 Å². The van der Waals surface area contributed by atoms with Gasteiger partial charge in [-0.1, -0.05) is 0 Å². The van der Waals surface area contributed by atoms with Crippen molar-refractivity contribution < 1.29 is 9.59 Å². The van der Waals surface area contributed by atoms with Crippen LogP contribution in [0.4, 0.5) is 5.69 Å². The molecule has 1 saturated heterocycles. The average Bonchev–Trinajstić information content (AvgIpc) is 2.83. The van der Waals surface area contributed by atoms with Crippen molar-refractivity contribution in [1.82, 2.24) is 10.2 Å². The van der Waals surface area contributed by atoms with Crippen LogP contribution in [0.5, 0.6) is 0 Å². The van der Waals surface area contributed by atoms with Crippen LogP contribution in [-0.4, -0.2) is 43.4 Å². The topological polar surface area (TPSA) is 61.4 Å². The first-order valence-corrected chi connectivity index (χ1v) is 7.76. The number of piperidine rings is 1. The number of carbonyl (C=O) groups excluding carboxylic acids is 2. The van der Waals surface area contributed by atoms with Crippen molar-refractivity contribution in [1.29, 1.82) is 0 Å². The van der Waals surface area contributed by atoms with Gasteiger partial charge in [0.2, 0.25) is 5.91 Å². The molecule has 0 aliphatic carbocycles. The van der Waals surface area contributed by atoms with E-state index in [4.69, 9.17) is 0 Å². The highest BCUT2D eigenvalue weighted by Crippen LogP contribution is 2.22. The van der Waals surface area contributed by atoms with E-state index in [-0.39, 0.29) is 11.8 Å². The fourth-order valence-corrected chi connectivity index (χ4v) is 3.30. The van der Waals surface area contributed by atoms with Gasteiger partial charge >= 0.3 is 0 Å². The number of anilines is 1. The number of thiophene rings is 1. The predicted octanol–water partition coefficient (Wildman–Crippen LogP) is 1.78. The molecule has 1 atom stereocenters. The maximum absolute atomic E-state index is 12.2. The molecule has 0 spiro atoms. The number of nitrogens with zero attached hydrogens (tertiary/aromatic N) is 1. The molecule has 1 fully saturated rings. The SMILES string of the molecule is CC(=O)Nc1ccsc1C(=O)NCC1CCCN(C)C1. The van der Waals surface area contributed by atoms with Crippen molar-refractivity contribution in [2.45, 2.75) is 19.8 Å².